The van der Waals surface area contributed by atoms with Crippen molar-refractivity contribution in [1.82, 2.24) is 0 Å². The molecule has 0 radical (unpaired) electrons. The van der Waals surface area contributed by atoms with E-state index in [-0.39, 0.29) is 0 Å². The lowest BCUT2D eigenvalue weighted by atomic mass is 10.1. The lowest BCUT2D eigenvalue weighted by Crippen LogP contribution is -1.81. The Labute approximate surface area is 101 Å². The Morgan fingerprint density at radius 2 is 1.69 bits per heavy atom. The van der Waals surface area contributed by atoms with E-state index in [2.05, 4.69) is 65.0 Å². The molecule has 0 heterocycles. The van der Waals surface area contributed by atoms with E-state index >= 15 is 0 Å². The van der Waals surface area contributed by atoms with Crippen LogP contribution in [0.15, 0.2) is 47.1 Å². The van der Waals surface area contributed by atoms with E-state index in [1.54, 1.807) is 0 Å². The molecule has 90 valence electrons. The molecule has 0 saturated heterocycles. The van der Waals surface area contributed by atoms with Crippen molar-refractivity contribution in [3.05, 3.63) is 47.1 Å². The first-order valence-corrected chi connectivity index (χ1v) is 6.32. The molecule has 0 aliphatic carbocycles. The maximum absolute atomic E-state index is 2.29. The number of rotatable bonds is 6. The Hall–Kier alpha value is -1.04. The predicted molar refractivity (Wildman–Crippen MR) is 75.6 cm³/mol. The van der Waals surface area contributed by atoms with Crippen LogP contribution in [0.3, 0.4) is 0 Å². The summed E-state index contributed by atoms with van der Waals surface area (Å²) in [7, 11) is 0. The molecular formula is C16H26. The van der Waals surface area contributed by atoms with Crippen LogP contribution in [0.2, 0.25) is 0 Å². The smallest absolute Gasteiger partial charge is 0.0282 e. The van der Waals surface area contributed by atoms with Crippen molar-refractivity contribution < 1.29 is 0 Å². The molecule has 0 aromatic heterocycles. The third-order valence-corrected chi connectivity index (χ3v) is 2.43. The largest absolute Gasteiger partial charge is 0.0847 e. The molecule has 0 aliphatic rings. The standard InChI is InChI=1S/C16H26/c1-6-9-11-16(10-7-2)13-15(5)12-14(4)8-3/h8-9,11-13H,6-7,10H2,1-5H3/b11-9+,14-8+,15-12+,16-13+. The summed E-state index contributed by atoms with van der Waals surface area (Å²) in [6.07, 6.45) is 14.6. The summed E-state index contributed by atoms with van der Waals surface area (Å²) < 4.78 is 0. The Morgan fingerprint density at radius 1 is 1.00 bits per heavy atom. The van der Waals surface area contributed by atoms with Gasteiger partial charge in [0.1, 0.15) is 0 Å². The van der Waals surface area contributed by atoms with Gasteiger partial charge in [-0.15, -0.1) is 0 Å². The van der Waals surface area contributed by atoms with Gasteiger partial charge < -0.3 is 0 Å². The Morgan fingerprint density at radius 3 is 2.19 bits per heavy atom. The van der Waals surface area contributed by atoms with E-state index in [1.807, 2.05) is 0 Å². The Kier molecular flexibility index (Phi) is 8.61. The van der Waals surface area contributed by atoms with E-state index in [9.17, 15) is 0 Å². The highest BCUT2D eigenvalue weighted by atomic mass is 14.0. The van der Waals surface area contributed by atoms with Crippen LogP contribution in [0.25, 0.3) is 0 Å². The molecule has 0 unspecified atom stereocenters. The molecule has 0 fully saturated rings. The molecular weight excluding hydrogens is 192 g/mol. The molecule has 0 aromatic carbocycles. The van der Waals surface area contributed by atoms with Gasteiger partial charge in [0, 0.05) is 0 Å². The van der Waals surface area contributed by atoms with Crippen molar-refractivity contribution in [2.45, 2.75) is 53.9 Å². The van der Waals surface area contributed by atoms with Crippen molar-refractivity contribution in [2.24, 2.45) is 0 Å². The number of hydrogen-bond donors (Lipinski definition) is 0. The fraction of sp³-hybridized carbons (Fsp3) is 0.500. The second-order valence-electron chi connectivity index (χ2n) is 4.20. The molecule has 0 atom stereocenters. The SMILES string of the molecule is C/C=C(C)/C=C(C)/C=C(/C=C/CC)CCC. The van der Waals surface area contributed by atoms with Gasteiger partial charge in [-0.25, -0.2) is 0 Å². The molecule has 0 N–H and O–H groups in total. The minimum atomic E-state index is 1.11. The zero-order chi connectivity index (χ0) is 12.4. The van der Waals surface area contributed by atoms with Gasteiger partial charge in [0.25, 0.3) is 0 Å². The van der Waals surface area contributed by atoms with Crippen LogP contribution in [0, 0.1) is 0 Å². The molecule has 16 heavy (non-hydrogen) atoms. The molecule has 0 bridgehead atoms. The van der Waals surface area contributed by atoms with Gasteiger partial charge in [-0.3, -0.25) is 0 Å². The van der Waals surface area contributed by atoms with Crippen LogP contribution < -0.4 is 0 Å². The normalized spacial score (nSPS) is 14.9. The van der Waals surface area contributed by atoms with Gasteiger partial charge in [-0.05, 0) is 39.2 Å². The van der Waals surface area contributed by atoms with Crippen LogP contribution in [-0.4, -0.2) is 0 Å². The first-order valence-electron chi connectivity index (χ1n) is 6.32. The van der Waals surface area contributed by atoms with Crippen molar-refractivity contribution in [3.63, 3.8) is 0 Å². The summed E-state index contributed by atoms with van der Waals surface area (Å²) in [6.45, 7) is 10.8. The van der Waals surface area contributed by atoms with Crippen LogP contribution in [0.4, 0.5) is 0 Å². The maximum Gasteiger partial charge on any atom is -0.0282 e. The first kappa shape index (κ1) is 15.0. The average Bonchev–Trinajstić information content (AvgIpc) is 2.25. The summed E-state index contributed by atoms with van der Waals surface area (Å²) in [6, 6.07) is 0. The van der Waals surface area contributed by atoms with E-state index in [1.165, 1.54) is 23.1 Å². The summed E-state index contributed by atoms with van der Waals surface area (Å²) >= 11 is 0. The molecule has 0 aromatic rings. The molecule has 0 saturated carbocycles. The number of allylic oxidation sites excluding steroid dienone is 8. The third kappa shape index (κ3) is 7.28. The molecule has 0 aliphatic heterocycles. The highest BCUT2D eigenvalue weighted by molar-refractivity contribution is 5.33. The van der Waals surface area contributed by atoms with Crippen LogP contribution in [0.1, 0.15) is 53.9 Å². The zero-order valence-corrected chi connectivity index (χ0v) is 11.5. The van der Waals surface area contributed by atoms with E-state index in [0.29, 0.717) is 0 Å². The lowest BCUT2D eigenvalue weighted by Gasteiger charge is -2.01. The minimum Gasteiger partial charge on any atom is -0.0847 e. The first-order chi connectivity index (χ1) is 7.63. The highest BCUT2D eigenvalue weighted by Gasteiger charge is 1.92. The highest BCUT2D eigenvalue weighted by Crippen LogP contribution is 2.12. The van der Waals surface area contributed by atoms with Gasteiger partial charge >= 0.3 is 0 Å². The second kappa shape index (κ2) is 9.21. The van der Waals surface area contributed by atoms with E-state index in [4.69, 9.17) is 0 Å². The molecule has 0 heteroatoms. The monoisotopic (exact) mass is 218 g/mol. The summed E-state index contributed by atoms with van der Waals surface area (Å²) in [5, 5.41) is 0. The predicted octanol–water partition coefficient (Wildman–Crippen LogP) is 5.59. The molecule has 0 rings (SSSR count). The van der Waals surface area contributed by atoms with Crippen LogP contribution in [0.5, 0.6) is 0 Å². The summed E-state index contributed by atoms with van der Waals surface area (Å²) in [5.41, 5.74) is 4.09. The topological polar surface area (TPSA) is 0 Å². The van der Waals surface area contributed by atoms with E-state index in [0.717, 1.165) is 12.8 Å². The molecule has 0 amide bonds. The van der Waals surface area contributed by atoms with E-state index < -0.39 is 0 Å². The number of hydrogen-bond acceptors (Lipinski definition) is 0. The van der Waals surface area contributed by atoms with Gasteiger partial charge in [0.15, 0.2) is 0 Å². The third-order valence-electron chi connectivity index (χ3n) is 2.43. The molecule has 0 nitrogen and oxygen atoms in total. The second-order valence-corrected chi connectivity index (χ2v) is 4.20. The summed E-state index contributed by atoms with van der Waals surface area (Å²) in [4.78, 5) is 0. The fourth-order valence-electron chi connectivity index (χ4n) is 1.54. The van der Waals surface area contributed by atoms with Crippen molar-refractivity contribution in [2.75, 3.05) is 0 Å². The summed E-state index contributed by atoms with van der Waals surface area (Å²) in [5.74, 6) is 0. The fourth-order valence-corrected chi connectivity index (χ4v) is 1.54. The molecule has 0 spiro atoms. The van der Waals surface area contributed by atoms with Gasteiger partial charge in [0.05, 0.1) is 0 Å². The minimum absolute atomic E-state index is 1.11. The van der Waals surface area contributed by atoms with Gasteiger partial charge in [-0.2, -0.15) is 0 Å². The van der Waals surface area contributed by atoms with Crippen molar-refractivity contribution in [1.29, 1.82) is 0 Å². The van der Waals surface area contributed by atoms with Gasteiger partial charge in [-0.1, -0.05) is 61.8 Å². The zero-order valence-electron chi connectivity index (χ0n) is 11.5. The quantitative estimate of drug-likeness (QED) is 0.510. The van der Waals surface area contributed by atoms with Crippen molar-refractivity contribution >= 4 is 0 Å². The average molecular weight is 218 g/mol. The van der Waals surface area contributed by atoms with Crippen molar-refractivity contribution in [3.8, 4) is 0 Å². The van der Waals surface area contributed by atoms with Gasteiger partial charge in [0.2, 0.25) is 0 Å². The Bertz CT molecular complexity index is 298. The maximum atomic E-state index is 2.29. The van der Waals surface area contributed by atoms with Crippen LogP contribution in [-0.2, 0) is 0 Å². The lowest BCUT2D eigenvalue weighted by molar-refractivity contribution is 0.923. The Balaban J connectivity index is 4.76. The van der Waals surface area contributed by atoms with Crippen LogP contribution >= 0.6 is 0 Å².